The van der Waals surface area contributed by atoms with Crippen LogP contribution in [0.3, 0.4) is 0 Å². The van der Waals surface area contributed by atoms with Gasteiger partial charge in [-0.3, -0.25) is 4.79 Å². The Hall–Kier alpha value is -1.62. The zero-order valence-corrected chi connectivity index (χ0v) is 8.95. The molecule has 0 bridgehead atoms. The fraction of sp³-hybridized carbons (Fsp3) is 0.400. The molecule has 1 aromatic heterocycles. The van der Waals surface area contributed by atoms with Crippen LogP contribution in [0.4, 0.5) is 5.82 Å². The molecule has 1 atom stereocenters. The molecule has 0 aromatic carbocycles. The third-order valence-corrected chi connectivity index (χ3v) is 2.04. The van der Waals surface area contributed by atoms with Crippen LogP contribution >= 0.6 is 0 Å². The van der Waals surface area contributed by atoms with Gasteiger partial charge in [0, 0.05) is 18.3 Å². The van der Waals surface area contributed by atoms with Gasteiger partial charge in [0.25, 0.3) is 5.91 Å². The number of hydrogen-bond acceptors (Lipinski definition) is 4. The second-order valence-electron chi connectivity index (χ2n) is 3.49. The molecular formula is C10H16N4O. The number of hydrogen-bond donors (Lipinski definition) is 3. The average molecular weight is 208 g/mol. The van der Waals surface area contributed by atoms with Crippen LogP contribution in [-0.4, -0.2) is 23.5 Å². The molecule has 0 aliphatic heterocycles. The summed E-state index contributed by atoms with van der Waals surface area (Å²) in [6, 6.07) is 3.46. The zero-order chi connectivity index (χ0) is 11.4. The van der Waals surface area contributed by atoms with Crippen molar-refractivity contribution in [3.05, 3.63) is 23.4 Å². The highest BCUT2D eigenvalue weighted by atomic mass is 16.1. The molecule has 0 saturated heterocycles. The molecule has 0 fully saturated rings. The van der Waals surface area contributed by atoms with Gasteiger partial charge in [-0.25, -0.2) is 4.98 Å². The fourth-order valence-corrected chi connectivity index (χ4v) is 1.16. The molecule has 0 saturated carbocycles. The van der Waals surface area contributed by atoms with Gasteiger partial charge in [0.05, 0.1) is 5.56 Å². The lowest BCUT2D eigenvalue weighted by molar-refractivity contribution is 0.100. The largest absolute Gasteiger partial charge is 0.366 e. The Balaban J connectivity index is 3.02. The van der Waals surface area contributed by atoms with E-state index in [-0.39, 0.29) is 6.04 Å². The van der Waals surface area contributed by atoms with Crippen molar-refractivity contribution in [2.75, 3.05) is 11.9 Å². The highest BCUT2D eigenvalue weighted by Crippen LogP contribution is 2.13. The van der Waals surface area contributed by atoms with Crippen LogP contribution in [0, 0.1) is 6.92 Å². The summed E-state index contributed by atoms with van der Waals surface area (Å²) >= 11 is 0. The van der Waals surface area contributed by atoms with E-state index in [1.807, 2.05) is 13.8 Å². The van der Waals surface area contributed by atoms with Gasteiger partial charge in [-0.15, -0.1) is 0 Å². The Kier molecular flexibility index (Phi) is 3.62. The van der Waals surface area contributed by atoms with Crippen LogP contribution in [-0.2, 0) is 0 Å². The number of aromatic nitrogens is 1. The van der Waals surface area contributed by atoms with Gasteiger partial charge >= 0.3 is 0 Å². The number of nitrogens with one attached hydrogen (secondary N) is 1. The third kappa shape index (κ3) is 2.92. The predicted octanol–water partition coefficient (Wildman–Crippen LogP) is 0.248. The third-order valence-electron chi connectivity index (χ3n) is 2.04. The summed E-state index contributed by atoms with van der Waals surface area (Å²) in [5.74, 6) is 0.00896. The van der Waals surface area contributed by atoms with E-state index in [0.29, 0.717) is 17.9 Å². The van der Waals surface area contributed by atoms with Gasteiger partial charge in [0.1, 0.15) is 5.82 Å². The number of nitrogens with zero attached hydrogens (tertiary/aromatic N) is 1. The second kappa shape index (κ2) is 4.75. The predicted molar refractivity (Wildman–Crippen MR) is 59.6 cm³/mol. The van der Waals surface area contributed by atoms with Crippen LogP contribution in [0.25, 0.3) is 0 Å². The number of primary amides is 1. The summed E-state index contributed by atoms with van der Waals surface area (Å²) in [7, 11) is 0. The number of nitrogens with two attached hydrogens (primary N) is 2. The summed E-state index contributed by atoms with van der Waals surface area (Å²) in [6.45, 7) is 4.23. The molecule has 15 heavy (non-hydrogen) atoms. The van der Waals surface area contributed by atoms with Crippen molar-refractivity contribution in [3.63, 3.8) is 0 Å². The number of carbonyl (C=O) groups is 1. The van der Waals surface area contributed by atoms with Crippen molar-refractivity contribution >= 4 is 11.7 Å². The van der Waals surface area contributed by atoms with Crippen molar-refractivity contribution in [1.29, 1.82) is 0 Å². The molecule has 0 aliphatic rings. The van der Waals surface area contributed by atoms with Crippen LogP contribution in [0.1, 0.15) is 23.0 Å². The molecule has 0 radical (unpaired) electrons. The smallest absolute Gasteiger partial charge is 0.252 e. The first-order valence-electron chi connectivity index (χ1n) is 4.78. The average Bonchev–Trinajstić information content (AvgIpc) is 2.17. The zero-order valence-electron chi connectivity index (χ0n) is 8.95. The molecule has 5 heteroatoms. The van der Waals surface area contributed by atoms with Gasteiger partial charge in [0.15, 0.2) is 0 Å². The lowest BCUT2D eigenvalue weighted by Crippen LogP contribution is -2.27. The first-order valence-corrected chi connectivity index (χ1v) is 4.78. The van der Waals surface area contributed by atoms with Gasteiger partial charge < -0.3 is 16.8 Å². The highest BCUT2D eigenvalue weighted by molar-refractivity contribution is 5.97. The van der Waals surface area contributed by atoms with E-state index >= 15 is 0 Å². The second-order valence-corrected chi connectivity index (χ2v) is 3.49. The quantitative estimate of drug-likeness (QED) is 0.661. The van der Waals surface area contributed by atoms with Crippen LogP contribution in [0.2, 0.25) is 0 Å². The molecule has 1 unspecified atom stereocenters. The summed E-state index contributed by atoms with van der Waals surface area (Å²) in [5.41, 5.74) is 11.9. The molecule has 5 N–H and O–H groups in total. The first-order chi connectivity index (χ1) is 7.04. The molecule has 5 nitrogen and oxygen atoms in total. The molecule has 0 aliphatic carbocycles. The Morgan fingerprint density at radius 3 is 2.80 bits per heavy atom. The molecule has 82 valence electrons. The van der Waals surface area contributed by atoms with Crippen molar-refractivity contribution in [2.45, 2.75) is 19.9 Å². The number of aryl methyl sites for hydroxylation is 1. The number of pyridine rings is 1. The highest BCUT2D eigenvalue weighted by Gasteiger charge is 2.11. The Morgan fingerprint density at radius 1 is 1.60 bits per heavy atom. The van der Waals surface area contributed by atoms with Gasteiger partial charge in [-0.2, -0.15) is 0 Å². The number of amides is 1. The number of carbonyl (C=O) groups excluding carboxylic acids is 1. The first kappa shape index (κ1) is 11.5. The van der Waals surface area contributed by atoms with E-state index in [9.17, 15) is 4.79 Å². The summed E-state index contributed by atoms with van der Waals surface area (Å²) < 4.78 is 0. The van der Waals surface area contributed by atoms with E-state index in [4.69, 9.17) is 11.5 Å². The Labute approximate surface area is 88.9 Å². The Morgan fingerprint density at radius 2 is 2.27 bits per heavy atom. The minimum Gasteiger partial charge on any atom is -0.366 e. The molecule has 1 aromatic rings. The SMILES string of the molecule is Cc1ccc(C(N)=O)c(NC(C)CN)n1. The standard InChI is InChI=1S/C10H16N4O/c1-6-3-4-8(9(12)15)10(13-6)14-7(2)5-11/h3-4,7H,5,11H2,1-2H3,(H2,12,15)(H,13,14). The van der Waals surface area contributed by atoms with Gasteiger partial charge in [-0.05, 0) is 26.0 Å². The molecular weight excluding hydrogens is 192 g/mol. The molecule has 1 rings (SSSR count). The number of rotatable bonds is 4. The van der Waals surface area contributed by atoms with Crippen LogP contribution in [0.5, 0.6) is 0 Å². The van der Waals surface area contributed by atoms with Crippen molar-refractivity contribution in [2.24, 2.45) is 11.5 Å². The maximum atomic E-state index is 11.1. The van der Waals surface area contributed by atoms with E-state index in [1.54, 1.807) is 12.1 Å². The normalized spacial score (nSPS) is 12.2. The summed E-state index contributed by atoms with van der Waals surface area (Å²) in [6.07, 6.45) is 0. The van der Waals surface area contributed by atoms with Crippen molar-refractivity contribution in [1.82, 2.24) is 4.98 Å². The summed E-state index contributed by atoms with van der Waals surface area (Å²) in [5, 5.41) is 3.05. The lowest BCUT2D eigenvalue weighted by Gasteiger charge is -2.14. The van der Waals surface area contributed by atoms with E-state index in [1.165, 1.54) is 0 Å². The monoisotopic (exact) mass is 208 g/mol. The van der Waals surface area contributed by atoms with Crippen LogP contribution < -0.4 is 16.8 Å². The van der Waals surface area contributed by atoms with Gasteiger partial charge in [0.2, 0.25) is 0 Å². The van der Waals surface area contributed by atoms with Gasteiger partial charge in [-0.1, -0.05) is 0 Å². The maximum absolute atomic E-state index is 11.1. The minimum atomic E-state index is -0.491. The molecule has 1 amide bonds. The topological polar surface area (TPSA) is 94.0 Å². The fourth-order valence-electron chi connectivity index (χ4n) is 1.16. The van der Waals surface area contributed by atoms with Crippen LogP contribution in [0.15, 0.2) is 12.1 Å². The minimum absolute atomic E-state index is 0.0531. The molecule has 1 heterocycles. The Bertz CT molecular complexity index is 364. The summed E-state index contributed by atoms with van der Waals surface area (Å²) in [4.78, 5) is 15.3. The lowest BCUT2D eigenvalue weighted by atomic mass is 10.2. The maximum Gasteiger partial charge on any atom is 0.252 e. The van der Waals surface area contributed by atoms with E-state index in [0.717, 1.165) is 5.69 Å². The van der Waals surface area contributed by atoms with E-state index in [2.05, 4.69) is 10.3 Å². The number of anilines is 1. The van der Waals surface area contributed by atoms with Crippen molar-refractivity contribution in [3.8, 4) is 0 Å². The van der Waals surface area contributed by atoms with E-state index < -0.39 is 5.91 Å². The van der Waals surface area contributed by atoms with Crippen molar-refractivity contribution < 1.29 is 4.79 Å². The molecule has 0 spiro atoms.